The summed E-state index contributed by atoms with van der Waals surface area (Å²) in [7, 11) is -16.2. The summed E-state index contributed by atoms with van der Waals surface area (Å²) >= 11 is 0. The second-order valence-electron chi connectivity index (χ2n) is 13.0. The van der Waals surface area contributed by atoms with Crippen LogP contribution in [-0.2, 0) is 56.0 Å². The minimum absolute atomic E-state index is 0.0293. The zero-order valence-electron chi connectivity index (χ0n) is 29.3. The average Bonchev–Trinajstić information content (AvgIpc) is 3.23. The summed E-state index contributed by atoms with van der Waals surface area (Å²) in [5.74, 6) is -1.15. The molecule has 18 heteroatoms. The molecule has 0 radical (unpaired) electrons. The summed E-state index contributed by atoms with van der Waals surface area (Å²) < 4.78 is 138. The normalized spacial score (nSPS) is 19.1. The Morgan fingerprint density at radius 2 is 1.44 bits per heavy atom. The molecule has 0 fully saturated rings. The predicted molar refractivity (Wildman–Crippen MR) is 198 cm³/mol. The summed E-state index contributed by atoms with van der Waals surface area (Å²) in [5, 5.41) is 0. The Kier molecular flexibility index (Phi) is 13.7. The van der Waals surface area contributed by atoms with Crippen LogP contribution in [0, 0.1) is 6.92 Å². The fourth-order valence-corrected chi connectivity index (χ4v) is 8.42. The van der Waals surface area contributed by atoms with E-state index in [1.165, 1.54) is 37.4 Å². The van der Waals surface area contributed by atoms with Crippen LogP contribution in [0.1, 0.15) is 56.2 Å². The quantitative estimate of drug-likeness (QED) is 0.114. The Balaban J connectivity index is 2.09. The first-order chi connectivity index (χ1) is 23.8. The number of methoxy groups -OCH3 is 1. The van der Waals surface area contributed by atoms with Crippen molar-refractivity contribution in [3.8, 4) is 0 Å². The van der Waals surface area contributed by atoms with Gasteiger partial charge in [-0.2, -0.15) is 33.7 Å². The van der Waals surface area contributed by atoms with Gasteiger partial charge in [0.05, 0.1) is 21.3 Å². The van der Waals surface area contributed by atoms with Crippen molar-refractivity contribution < 1.29 is 56.6 Å². The molecule has 4 N–H and O–H groups in total. The number of anilines is 1. The van der Waals surface area contributed by atoms with E-state index in [1.807, 2.05) is 13.8 Å². The van der Waals surface area contributed by atoms with E-state index in [2.05, 4.69) is 6.58 Å². The van der Waals surface area contributed by atoms with Crippen LogP contribution in [-0.4, -0.2) is 83.6 Å². The average molecular weight is 804 g/mol. The van der Waals surface area contributed by atoms with Gasteiger partial charge < -0.3 is 9.64 Å². The Labute approximate surface area is 306 Å². The van der Waals surface area contributed by atoms with E-state index < -0.39 is 67.7 Å². The number of rotatable bonds is 18. The van der Waals surface area contributed by atoms with Crippen LogP contribution < -0.4 is 4.90 Å². The first-order valence-corrected chi connectivity index (χ1v) is 22.1. The van der Waals surface area contributed by atoms with Crippen LogP contribution in [0.5, 0.6) is 0 Å². The first-order valence-electron chi connectivity index (χ1n) is 16.0. The van der Waals surface area contributed by atoms with Crippen molar-refractivity contribution >= 4 is 46.2 Å². The fraction of sp³-hybridized carbons (Fsp3) is 0.412. The lowest BCUT2D eigenvalue weighted by atomic mass is 9.72. The molecule has 2 unspecified atom stereocenters. The van der Waals surface area contributed by atoms with Gasteiger partial charge in [0.25, 0.3) is 40.5 Å². The number of nitrogens with zero attached hydrogens (tertiary/aromatic N) is 1. The van der Waals surface area contributed by atoms with Gasteiger partial charge in [0.1, 0.15) is 0 Å². The SMILES string of the molecule is C=C(/C=C/C=C/C=C1/N(CCCS(=O)(=O)O)c2ccc(S(=O)(=O)O)cc2C1(C)CCCS(=O)(=O)O)C(C)(CCOC)c1cc(S(=O)(=O)O)ccc1C. The molecule has 2 atom stereocenters. The highest BCUT2D eigenvalue weighted by atomic mass is 32.2. The van der Waals surface area contributed by atoms with Gasteiger partial charge in [-0.1, -0.05) is 43.9 Å². The topological polar surface area (TPSA) is 230 Å². The van der Waals surface area contributed by atoms with Gasteiger partial charge in [-0.15, -0.1) is 0 Å². The maximum Gasteiger partial charge on any atom is 0.294 e. The Bertz CT molecular complexity index is 2210. The third-order valence-electron chi connectivity index (χ3n) is 9.26. The van der Waals surface area contributed by atoms with Crippen molar-refractivity contribution in [3.63, 3.8) is 0 Å². The third kappa shape index (κ3) is 10.9. The Morgan fingerprint density at radius 3 is 2.02 bits per heavy atom. The summed E-state index contributed by atoms with van der Waals surface area (Å²) in [6.07, 6.45) is 8.85. The zero-order chi connectivity index (χ0) is 39.3. The first kappa shape index (κ1) is 43.2. The van der Waals surface area contributed by atoms with Crippen LogP contribution in [0.15, 0.2) is 94.4 Å². The smallest absolute Gasteiger partial charge is 0.294 e. The van der Waals surface area contributed by atoms with Gasteiger partial charge in [-0.05, 0) is 98.2 Å². The molecule has 1 aliphatic rings. The largest absolute Gasteiger partial charge is 0.385 e. The van der Waals surface area contributed by atoms with Gasteiger partial charge in [-0.25, -0.2) is 0 Å². The molecule has 288 valence electrons. The molecule has 1 heterocycles. The van der Waals surface area contributed by atoms with Crippen molar-refractivity contribution in [1.82, 2.24) is 0 Å². The summed E-state index contributed by atoms with van der Waals surface area (Å²) in [6, 6.07) is 8.21. The van der Waals surface area contributed by atoms with Crippen molar-refractivity contribution in [2.45, 2.75) is 67.1 Å². The van der Waals surface area contributed by atoms with E-state index in [-0.39, 0.29) is 30.7 Å². The minimum atomic E-state index is -4.64. The van der Waals surface area contributed by atoms with Crippen molar-refractivity contribution in [3.05, 3.63) is 101 Å². The Morgan fingerprint density at radius 1 is 0.865 bits per heavy atom. The fourth-order valence-electron chi connectivity index (χ4n) is 6.41. The number of benzene rings is 2. The number of allylic oxidation sites excluding steroid dienone is 7. The maximum absolute atomic E-state index is 12.1. The standard InChI is InChI=1S/C34H45NO13S4/c1-25-13-14-27(51(42,43)44)23-29(25)33(3,18-20-48-5)26(2)11-7-6-8-12-32-34(4,17-9-21-49(36,37)38)30-24-28(52(45,46)47)15-16-31(30)35(32)19-10-22-50(39,40)41/h6-8,11-16,23-24H,2,9-10,17-22H2,1,3-5H3,(H,36,37,38)(H,39,40,41)(H,42,43,44)(H,45,46,47)/b8-6+,11-7+,32-12+. The molecule has 0 saturated carbocycles. The molecule has 0 saturated heterocycles. The minimum Gasteiger partial charge on any atom is -0.385 e. The molecule has 0 spiro atoms. The highest BCUT2D eigenvalue weighted by Crippen LogP contribution is 2.51. The Hall–Kier alpha value is -3.20. The molecule has 1 aliphatic heterocycles. The highest BCUT2D eigenvalue weighted by Gasteiger charge is 2.44. The molecule has 0 aliphatic carbocycles. The van der Waals surface area contributed by atoms with E-state index in [4.69, 9.17) is 4.74 Å². The molecule has 0 bridgehead atoms. The van der Waals surface area contributed by atoms with Crippen LogP contribution in [0.3, 0.4) is 0 Å². The van der Waals surface area contributed by atoms with Crippen LogP contribution >= 0.6 is 0 Å². The molecule has 3 rings (SSSR count). The molecular weight excluding hydrogens is 759 g/mol. The van der Waals surface area contributed by atoms with Gasteiger partial charge in [0.2, 0.25) is 0 Å². The predicted octanol–water partition coefficient (Wildman–Crippen LogP) is 5.06. The van der Waals surface area contributed by atoms with Crippen molar-refractivity contribution in [1.29, 1.82) is 0 Å². The van der Waals surface area contributed by atoms with Crippen LogP contribution in [0.4, 0.5) is 5.69 Å². The second kappa shape index (κ2) is 16.4. The number of fused-ring (bicyclic) bond motifs is 1. The van der Waals surface area contributed by atoms with Crippen LogP contribution in [0.25, 0.3) is 0 Å². The molecule has 52 heavy (non-hydrogen) atoms. The summed E-state index contributed by atoms with van der Waals surface area (Å²) in [6.45, 7) is 10.0. The number of hydrogen-bond donors (Lipinski definition) is 4. The van der Waals surface area contributed by atoms with Gasteiger partial charge >= 0.3 is 0 Å². The van der Waals surface area contributed by atoms with E-state index in [1.54, 1.807) is 48.3 Å². The van der Waals surface area contributed by atoms with E-state index in [9.17, 15) is 51.9 Å². The number of ether oxygens (including phenoxy) is 1. The summed E-state index contributed by atoms with van der Waals surface area (Å²) in [5.41, 5.74) is 1.46. The molecule has 2 aromatic carbocycles. The number of aryl methyl sites for hydroxylation is 1. The highest BCUT2D eigenvalue weighted by molar-refractivity contribution is 7.86. The molecule has 0 amide bonds. The van der Waals surface area contributed by atoms with Gasteiger partial charge in [0.15, 0.2) is 0 Å². The summed E-state index contributed by atoms with van der Waals surface area (Å²) in [4.78, 5) is 1.06. The van der Waals surface area contributed by atoms with E-state index in [0.29, 0.717) is 41.1 Å². The third-order valence-corrected chi connectivity index (χ3v) is 12.6. The molecule has 2 aromatic rings. The van der Waals surface area contributed by atoms with E-state index in [0.717, 1.165) is 5.56 Å². The van der Waals surface area contributed by atoms with Crippen molar-refractivity contribution in [2.24, 2.45) is 0 Å². The maximum atomic E-state index is 12.1. The van der Waals surface area contributed by atoms with Crippen LogP contribution in [0.2, 0.25) is 0 Å². The molecular formula is C34H45NO13S4. The zero-order valence-corrected chi connectivity index (χ0v) is 32.5. The van der Waals surface area contributed by atoms with Gasteiger partial charge in [0, 0.05) is 42.5 Å². The lowest BCUT2D eigenvalue weighted by Gasteiger charge is -2.33. The van der Waals surface area contributed by atoms with E-state index >= 15 is 0 Å². The number of hydrogen-bond acceptors (Lipinski definition) is 10. The second-order valence-corrected chi connectivity index (χ2v) is 19.0. The molecule has 0 aromatic heterocycles. The lowest BCUT2D eigenvalue weighted by Crippen LogP contribution is -2.30. The van der Waals surface area contributed by atoms with Gasteiger partial charge in [-0.3, -0.25) is 18.2 Å². The van der Waals surface area contributed by atoms with Crippen molar-refractivity contribution in [2.75, 3.05) is 36.7 Å². The molecule has 14 nitrogen and oxygen atoms in total. The monoisotopic (exact) mass is 803 g/mol. The lowest BCUT2D eigenvalue weighted by molar-refractivity contribution is 0.178.